The van der Waals surface area contributed by atoms with E-state index in [0.717, 1.165) is 55.6 Å². The fourth-order valence-corrected chi connectivity index (χ4v) is 3.46. The van der Waals surface area contributed by atoms with Gasteiger partial charge in [-0.1, -0.05) is 12.1 Å². The van der Waals surface area contributed by atoms with E-state index >= 15 is 0 Å². The number of nitrogens with one attached hydrogen (secondary N) is 1. The van der Waals surface area contributed by atoms with Gasteiger partial charge in [0.25, 0.3) is 0 Å². The number of pyridine rings is 1. The second-order valence-corrected chi connectivity index (χ2v) is 6.48. The van der Waals surface area contributed by atoms with Crippen molar-refractivity contribution in [1.82, 2.24) is 4.98 Å². The number of aromatic nitrogens is 1. The van der Waals surface area contributed by atoms with Gasteiger partial charge in [0.1, 0.15) is 5.82 Å². The number of fused-ring (bicyclic) bond motifs is 1. The third kappa shape index (κ3) is 2.91. The zero-order valence-corrected chi connectivity index (χ0v) is 13.9. The van der Waals surface area contributed by atoms with Crippen LogP contribution in [0.4, 0.5) is 5.82 Å². The minimum Gasteiger partial charge on any atom is -0.454 e. The highest BCUT2D eigenvalue weighted by Crippen LogP contribution is 2.40. The van der Waals surface area contributed by atoms with Gasteiger partial charge >= 0.3 is 0 Å². The molecule has 0 bridgehead atoms. The molecule has 5 heteroatoms. The Morgan fingerprint density at radius 2 is 1.92 bits per heavy atom. The Bertz CT molecular complexity index is 726. The van der Waals surface area contributed by atoms with Gasteiger partial charge in [-0.2, -0.15) is 0 Å². The van der Waals surface area contributed by atoms with Crippen molar-refractivity contribution in [2.45, 2.75) is 25.2 Å². The largest absolute Gasteiger partial charge is 0.454 e. The second kappa shape index (κ2) is 6.32. The quantitative estimate of drug-likeness (QED) is 0.934. The molecule has 1 aromatic carbocycles. The Labute approximate surface area is 142 Å². The summed E-state index contributed by atoms with van der Waals surface area (Å²) >= 11 is 0. The normalized spacial score (nSPS) is 18.4. The summed E-state index contributed by atoms with van der Waals surface area (Å²) in [6, 6.07) is 12.3. The molecule has 0 saturated carbocycles. The smallest absolute Gasteiger partial charge is 0.231 e. The fourth-order valence-electron chi connectivity index (χ4n) is 3.46. The molecule has 0 aliphatic carbocycles. The lowest BCUT2D eigenvalue weighted by atomic mass is 9.74. The molecule has 1 fully saturated rings. The molecule has 1 saturated heterocycles. The van der Waals surface area contributed by atoms with Crippen LogP contribution in [0, 0.1) is 6.92 Å². The topological polar surface area (TPSA) is 52.6 Å². The summed E-state index contributed by atoms with van der Waals surface area (Å²) in [4.78, 5) is 4.55. The lowest BCUT2D eigenvalue weighted by Gasteiger charge is -2.38. The van der Waals surface area contributed by atoms with Crippen molar-refractivity contribution in [3.05, 3.63) is 47.7 Å². The van der Waals surface area contributed by atoms with Crippen LogP contribution < -0.4 is 14.8 Å². The zero-order valence-electron chi connectivity index (χ0n) is 13.9. The number of benzene rings is 1. The Balaban J connectivity index is 1.60. The minimum atomic E-state index is 0.0185. The highest BCUT2D eigenvalue weighted by molar-refractivity contribution is 5.47. The first-order valence-corrected chi connectivity index (χ1v) is 8.41. The highest BCUT2D eigenvalue weighted by atomic mass is 16.7. The molecule has 0 amide bonds. The van der Waals surface area contributed by atoms with Crippen LogP contribution in [0.15, 0.2) is 36.4 Å². The van der Waals surface area contributed by atoms with Crippen LogP contribution in [0.3, 0.4) is 0 Å². The van der Waals surface area contributed by atoms with Crippen LogP contribution in [0.5, 0.6) is 11.5 Å². The summed E-state index contributed by atoms with van der Waals surface area (Å²) < 4.78 is 16.6. The summed E-state index contributed by atoms with van der Waals surface area (Å²) in [6.07, 6.45) is 1.96. The van der Waals surface area contributed by atoms with Crippen LogP contribution >= 0.6 is 0 Å². The Kier molecular flexibility index (Phi) is 4.02. The maximum atomic E-state index is 5.61. The predicted molar refractivity (Wildman–Crippen MR) is 91.8 cm³/mol. The monoisotopic (exact) mass is 326 g/mol. The number of ether oxygens (including phenoxy) is 3. The van der Waals surface area contributed by atoms with Gasteiger partial charge < -0.3 is 19.5 Å². The maximum absolute atomic E-state index is 5.61. The first kappa shape index (κ1) is 15.3. The van der Waals surface area contributed by atoms with Crippen LogP contribution in [0.25, 0.3) is 0 Å². The van der Waals surface area contributed by atoms with Crippen LogP contribution in [-0.2, 0) is 10.2 Å². The fraction of sp³-hybridized carbons (Fsp3) is 0.421. The van der Waals surface area contributed by atoms with Crippen molar-refractivity contribution in [1.29, 1.82) is 0 Å². The van der Waals surface area contributed by atoms with Crippen molar-refractivity contribution in [3.63, 3.8) is 0 Å². The van der Waals surface area contributed by atoms with E-state index < -0.39 is 0 Å². The molecule has 2 aliphatic heterocycles. The molecule has 1 N–H and O–H groups in total. The molecule has 2 aromatic rings. The molecule has 2 aliphatic rings. The highest BCUT2D eigenvalue weighted by Gasteiger charge is 2.35. The third-order valence-corrected chi connectivity index (χ3v) is 4.93. The summed E-state index contributed by atoms with van der Waals surface area (Å²) in [5.41, 5.74) is 2.31. The van der Waals surface area contributed by atoms with E-state index in [1.807, 2.05) is 31.2 Å². The van der Waals surface area contributed by atoms with Gasteiger partial charge in [0.2, 0.25) is 6.79 Å². The Morgan fingerprint density at radius 1 is 1.08 bits per heavy atom. The van der Waals surface area contributed by atoms with E-state index in [9.17, 15) is 0 Å². The molecule has 126 valence electrons. The number of rotatable bonds is 4. The van der Waals surface area contributed by atoms with E-state index in [2.05, 4.69) is 22.4 Å². The van der Waals surface area contributed by atoms with Crippen molar-refractivity contribution in [3.8, 4) is 11.5 Å². The molecule has 3 heterocycles. The molecule has 5 nitrogen and oxygen atoms in total. The van der Waals surface area contributed by atoms with E-state index in [1.54, 1.807) is 0 Å². The van der Waals surface area contributed by atoms with Crippen molar-refractivity contribution < 1.29 is 14.2 Å². The van der Waals surface area contributed by atoms with E-state index in [-0.39, 0.29) is 5.41 Å². The van der Waals surface area contributed by atoms with Crippen LogP contribution in [-0.4, -0.2) is 31.5 Å². The number of aryl methyl sites for hydroxylation is 1. The predicted octanol–water partition coefficient (Wildman–Crippen LogP) is 3.28. The SMILES string of the molecule is Cc1cccc(NCC2(c3ccc4c(c3)OCO4)CCOCC2)n1. The molecule has 4 rings (SSSR count). The second-order valence-electron chi connectivity index (χ2n) is 6.48. The molecule has 0 radical (unpaired) electrons. The summed E-state index contributed by atoms with van der Waals surface area (Å²) in [5.74, 6) is 2.59. The van der Waals surface area contributed by atoms with Gasteiger partial charge in [0.15, 0.2) is 11.5 Å². The molecule has 1 aromatic heterocycles. The summed E-state index contributed by atoms with van der Waals surface area (Å²) in [7, 11) is 0. The lowest BCUT2D eigenvalue weighted by molar-refractivity contribution is 0.0543. The molecule has 0 spiro atoms. The maximum Gasteiger partial charge on any atom is 0.231 e. The van der Waals surface area contributed by atoms with Gasteiger partial charge in [0.05, 0.1) is 0 Å². The van der Waals surface area contributed by atoms with Crippen molar-refractivity contribution in [2.24, 2.45) is 0 Å². The van der Waals surface area contributed by atoms with Gasteiger partial charge in [0, 0.05) is 30.9 Å². The summed E-state index contributed by atoms with van der Waals surface area (Å²) in [6.45, 7) is 4.69. The zero-order chi connectivity index (χ0) is 16.4. The summed E-state index contributed by atoms with van der Waals surface area (Å²) in [5, 5.41) is 3.52. The number of hydrogen-bond donors (Lipinski definition) is 1. The van der Waals surface area contributed by atoms with Gasteiger partial charge in [-0.05, 0) is 49.6 Å². The van der Waals surface area contributed by atoms with Crippen LogP contribution in [0.2, 0.25) is 0 Å². The minimum absolute atomic E-state index is 0.0185. The van der Waals surface area contributed by atoms with E-state index in [4.69, 9.17) is 14.2 Å². The molecule has 24 heavy (non-hydrogen) atoms. The molecule has 0 unspecified atom stereocenters. The standard InChI is InChI=1S/C19H22N2O3/c1-14-3-2-4-18(21-14)20-12-19(7-9-22-10-8-19)15-5-6-16-17(11-15)24-13-23-16/h2-6,11H,7-10,12-13H2,1H3,(H,20,21). The first-order valence-electron chi connectivity index (χ1n) is 8.41. The van der Waals surface area contributed by atoms with E-state index in [1.165, 1.54) is 5.56 Å². The van der Waals surface area contributed by atoms with Crippen molar-refractivity contribution >= 4 is 5.82 Å². The van der Waals surface area contributed by atoms with Gasteiger partial charge in [-0.3, -0.25) is 0 Å². The number of anilines is 1. The average Bonchev–Trinajstić information content (AvgIpc) is 3.09. The molecule has 0 atom stereocenters. The average molecular weight is 326 g/mol. The Hall–Kier alpha value is -2.27. The number of nitrogens with zero attached hydrogens (tertiary/aromatic N) is 1. The molecular formula is C19H22N2O3. The lowest BCUT2D eigenvalue weighted by Crippen LogP contribution is -2.40. The van der Waals surface area contributed by atoms with Gasteiger partial charge in [-0.25, -0.2) is 4.98 Å². The van der Waals surface area contributed by atoms with E-state index in [0.29, 0.717) is 6.79 Å². The molecular weight excluding hydrogens is 304 g/mol. The third-order valence-electron chi connectivity index (χ3n) is 4.93. The van der Waals surface area contributed by atoms with Gasteiger partial charge in [-0.15, -0.1) is 0 Å². The Morgan fingerprint density at radius 3 is 2.75 bits per heavy atom. The van der Waals surface area contributed by atoms with Crippen molar-refractivity contribution in [2.75, 3.05) is 31.9 Å². The van der Waals surface area contributed by atoms with Crippen LogP contribution in [0.1, 0.15) is 24.1 Å². The number of hydrogen-bond acceptors (Lipinski definition) is 5. The first-order chi connectivity index (χ1) is 11.8.